The molecule has 0 fully saturated rings. The van der Waals surface area contributed by atoms with E-state index in [0.717, 1.165) is 5.69 Å². The van der Waals surface area contributed by atoms with E-state index >= 15 is 0 Å². The van der Waals surface area contributed by atoms with Gasteiger partial charge in [-0.2, -0.15) is 5.10 Å². The predicted octanol–water partition coefficient (Wildman–Crippen LogP) is 1.30. The summed E-state index contributed by atoms with van der Waals surface area (Å²) in [5.74, 6) is 0.124. The van der Waals surface area contributed by atoms with E-state index in [1.54, 1.807) is 4.68 Å². The second-order valence-corrected chi connectivity index (χ2v) is 5.43. The number of ketones is 1. The first kappa shape index (κ1) is 12.9. The maximum Gasteiger partial charge on any atom is 0.146 e. The Bertz CT molecular complexity index is 385. The minimum absolute atomic E-state index is 0.124. The number of nitrogens with two attached hydrogens (primary N) is 1. The van der Waals surface area contributed by atoms with E-state index < -0.39 is 11.0 Å². The molecule has 16 heavy (non-hydrogen) atoms. The van der Waals surface area contributed by atoms with Crippen LogP contribution in [0.3, 0.4) is 0 Å². The zero-order valence-corrected chi connectivity index (χ0v) is 10.7. The van der Waals surface area contributed by atoms with Gasteiger partial charge < -0.3 is 5.73 Å². The molecule has 4 nitrogen and oxygen atoms in total. The Labute approximate surface area is 96.8 Å². The number of aromatic nitrogens is 2. The van der Waals surface area contributed by atoms with Crippen molar-refractivity contribution >= 4 is 5.78 Å². The van der Waals surface area contributed by atoms with E-state index in [2.05, 4.69) is 5.10 Å². The Hall–Kier alpha value is -1.16. The van der Waals surface area contributed by atoms with Crippen LogP contribution in [-0.2, 0) is 18.3 Å². The average molecular weight is 223 g/mol. The molecule has 0 saturated carbocycles. The van der Waals surface area contributed by atoms with Crippen LogP contribution in [0.1, 0.15) is 33.4 Å². The van der Waals surface area contributed by atoms with Gasteiger partial charge in [0, 0.05) is 24.2 Å². The molecule has 0 radical (unpaired) electrons. The highest BCUT2D eigenvalue weighted by molar-refractivity contribution is 5.87. The van der Waals surface area contributed by atoms with Crippen molar-refractivity contribution in [2.24, 2.45) is 18.2 Å². The van der Waals surface area contributed by atoms with Crippen LogP contribution >= 0.6 is 0 Å². The SMILES string of the molecule is Cn1ccc(CC(=O)C(C)(C)C(C)(C)N)n1. The molecule has 1 aromatic rings. The molecule has 0 spiro atoms. The van der Waals surface area contributed by atoms with Gasteiger partial charge >= 0.3 is 0 Å². The van der Waals surface area contributed by atoms with Gasteiger partial charge in [-0.15, -0.1) is 0 Å². The number of hydrogen-bond donors (Lipinski definition) is 1. The predicted molar refractivity (Wildman–Crippen MR) is 64.0 cm³/mol. The zero-order valence-electron chi connectivity index (χ0n) is 10.7. The maximum atomic E-state index is 12.2. The lowest BCUT2D eigenvalue weighted by atomic mass is 9.71. The van der Waals surface area contributed by atoms with E-state index in [1.807, 2.05) is 47.0 Å². The second kappa shape index (κ2) is 4.01. The van der Waals surface area contributed by atoms with Crippen LogP contribution in [0.15, 0.2) is 12.3 Å². The monoisotopic (exact) mass is 223 g/mol. The number of carbonyl (C=O) groups excluding carboxylic acids is 1. The molecular weight excluding hydrogens is 202 g/mol. The first-order valence-corrected chi connectivity index (χ1v) is 5.45. The van der Waals surface area contributed by atoms with Crippen molar-refractivity contribution in [1.82, 2.24) is 9.78 Å². The molecule has 0 aliphatic heterocycles. The summed E-state index contributed by atoms with van der Waals surface area (Å²) in [6.07, 6.45) is 2.18. The number of rotatable bonds is 4. The second-order valence-electron chi connectivity index (χ2n) is 5.43. The van der Waals surface area contributed by atoms with Gasteiger partial charge in [-0.05, 0) is 19.9 Å². The van der Waals surface area contributed by atoms with Gasteiger partial charge in [-0.3, -0.25) is 9.48 Å². The molecule has 1 rings (SSSR count). The van der Waals surface area contributed by atoms with Gasteiger partial charge in [-0.25, -0.2) is 0 Å². The van der Waals surface area contributed by atoms with Crippen molar-refractivity contribution in [3.63, 3.8) is 0 Å². The Kier molecular flexibility index (Phi) is 3.24. The van der Waals surface area contributed by atoms with E-state index in [0.29, 0.717) is 6.42 Å². The van der Waals surface area contributed by atoms with Crippen molar-refractivity contribution in [1.29, 1.82) is 0 Å². The number of Topliss-reactive ketones (excluding diaryl/α,β-unsaturated/α-hetero) is 1. The third kappa shape index (κ3) is 2.50. The molecule has 90 valence electrons. The van der Waals surface area contributed by atoms with Crippen LogP contribution in [0.4, 0.5) is 0 Å². The first-order chi connectivity index (χ1) is 7.14. The molecule has 0 aliphatic carbocycles. The van der Waals surface area contributed by atoms with E-state index in [4.69, 9.17) is 5.73 Å². The van der Waals surface area contributed by atoms with Gasteiger partial charge in [0.2, 0.25) is 0 Å². The molecule has 0 atom stereocenters. The summed E-state index contributed by atoms with van der Waals surface area (Å²) in [7, 11) is 1.84. The Morgan fingerprint density at radius 2 is 2.00 bits per heavy atom. The Morgan fingerprint density at radius 1 is 1.44 bits per heavy atom. The van der Waals surface area contributed by atoms with Crippen LogP contribution in [0.2, 0.25) is 0 Å². The number of carbonyl (C=O) groups is 1. The topological polar surface area (TPSA) is 60.9 Å². The summed E-state index contributed by atoms with van der Waals surface area (Å²) in [6.45, 7) is 7.53. The van der Waals surface area contributed by atoms with Crippen molar-refractivity contribution in [2.45, 2.75) is 39.7 Å². The zero-order chi connectivity index (χ0) is 12.6. The summed E-state index contributed by atoms with van der Waals surface area (Å²) in [5, 5.41) is 4.20. The highest BCUT2D eigenvalue weighted by Gasteiger charge is 2.39. The minimum Gasteiger partial charge on any atom is -0.325 e. The lowest BCUT2D eigenvalue weighted by molar-refractivity contribution is -0.129. The summed E-state index contributed by atoms with van der Waals surface area (Å²) in [5.41, 5.74) is 5.74. The van der Waals surface area contributed by atoms with E-state index in [1.165, 1.54) is 0 Å². The van der Waals surface area contributed by atoms with E-state index in [9.17, 15) is 4.79 Å². The number of nitrogens with zero attached hydrogens (tertiary/aromatic N) is 2. The van der Waals surface area contributed by atoms with Crippen LogP contribution in [0.5, 0.6) is 0 Å². The van der Waals surface area contributed by atoms with Crippen molar-refractivity contribution < 1.29 is 4.79 Å². The molecule has 4 heteroatoms. The molecule has 1 aromatic heterocycles. The van der Waals surface area contributed by atoms with Crippen LogP contribution in [0.25, 0.3) is 0 Å². The Morgan fingerprint density at radius 3 is 2.38 bits per heavy atom. The molecule has 0 bridgehead atoms. The van der Waals surface area contributed by atoms with Crippen LogP contribution in [0, 0.1) is 5.41 Å². The number of hydrogen-bond acceptors (Lipinski definition) is 3. The normalized spacial score (nSPS) is 12.9. The van der Waals surface area contributed by atoms with Gasteiger partial charge in [0.25, 0.3) is 0 Å². The molecule has 1 heterocycles. The highest BCUT2D eigenvalue weighted by atomic mass is 16.1. The fourth-order valence-electron chi connectivity index (χ4n) is 1.30. The number of aryl methyl sites for hydroxylation is 1. The lowest BCUT2D eigenvalue weighted by Crippen LogP contribution is -2.52. The molecule has 0 saturated heterocycles. The Balaban J connectivity index is 2.80. The fourth-order valence-corrected chi connectivity index (χ4v) is 1.30. The minimum atomic E-state index is -0.551. The van der Waals surface area contributed by atoms with Crippen LogP contribution < -0.4 is 5.73 Å². The maximum absolute atomic E-state index is 12.2. The quantitative estimate of drug-likeness (QED) is 0.836. The summed E-state index contributed by atoms with van der Waals surface area (Å²) in [4.78, 5) is 12.2. The van der Waals surface area contributed by atoms with E-state index in [-0.39, 0.29) is 5.78 Å². The molecular formula is C12H21N3O. The molecule has 0 aromatic carbocycles. The smallest absolute Gasteiger partial charge is 0.146 e. The molecule has 0 unspecified atom stereocenters. The first-order valence-electron chi connectivity index (χ1n) is 5.45. The van der Waals surface area contributed by atoms with Gasteiger partial charge in [0.1, 0.15) is 5.78 Å². The average Bonchev–Trinajstić information content (AvgIpc) is 2.49. The third-order valence-corrected chi connectivity index (χ3v) is 3.42. The summed E-state index contributed by atoms with van der Waals surface area (Å²) < 4.78 is 1.70. The molecule has 2 N–H and O–H groups in total. The molecule has 0 aliphatic rings. The van der Waals surface area contributed by atoms with Gasteiger partial charge in [0.15, 0.2) is 0 Å². The third-order valence-electron chi connectivity index (χ3n) is 3.42. The van der Waals surface area contributed by atoms with Gasteiger partial charge in [0.05, 0.1) is 12.1 Å². The summed E-state index contributed by atoms with van der Waals surface area (Å²) >= 11 is 0. The van der Waals surface area contributed by atoms with Crippen LogP contribution in [-0.4, -0.2) is 21.1 Å². The van der Waals surface area contributed by atoms with Crippen molar-refractivity contribution in [2.75, 3.05) is 0 Å². The summed E-state index contributed by atoms with van der Waals surface area (Å²) in [6, 6.07) is 1.86. The fraction of sp³-hybridized carbons (Fsp3) is 0.667. The van der Waals surface area contributed by atoms with Crippen molar-refractivity contribution in [3.8, 4) is 0 Å². The van der Waals surface area contributed by atoms with Crippen molar-refractivity contribution in [3.05, 3.63) is 18.0 Å². The largest absolute Gasteiger partial charge is 0.325 e. The highest BCUT2D eigenvalue weighted by Crippen LogP contribution is 2.30. The molecule has 0 amide bonds. The lowest BCUT2D eigenvalue weighted by Gasteiger charge is -2.36. The standard InChI is InChI=1S/C12H21N3O/c1-11(2,12(3,4)13)10(16)8-9-6-7-15(5)14-9/h6-7H,8,13H2,1-5H3. The van der Waals surface area contributed by atoms with Gasteiger partial charge in [-0.1, -0.05) is 13.8 Å².